The molecule has 6 rings (SSSR count). The maximum atomic E-state index is 13.8. The zero-order valence-electron chi connectivity index (χ0n) is 18.8. The molecule has 0 radical (unpaired) electrons. The molecule has 1 aromatic heterocycles. The Balaban J connectivity index is 1.59. The van der Waals surface area contributed by atoms with Crippen LogP contribution in [0.4, 0.5) is 0 Å². The van der Waals surface area contributed by atoms with Crippen LogP contribution in [-0.4, -0.2) is 11.7 Å². The first kappa shape index (κ1) is 22.9. The molecule has 0 bridgehead atoms. The standard InChI is InChI=1S/C28H20BrIN2O2S/c1-34-23-13-6-16(14-22(23)30)15-24-27(33)32-26(18-7-10-19(29)11-8-18)21-12-9-17-4-2-3-5-20(17)25(21)31-28(32)35-24/h2-8,10-11,13-15,26H,9,12H2,1H3/b24-15-/t26-/m0/s1. The molecule has 35 heavy (non-hydrogen) atoms. The molecule has 174 valence electrons. The Labute approximate surface area is 228 Å². The van der Waals surface area contributed by atoms with Crippen LogP contribution in [0.25, 0.3) is 11.8 Å². The molecular weight excluding hydrogens is 635 g/mol. The lowest BCUT2D eigenvalue weighted by molar-refractivity contribution is 0.412. The number of nitrogens with zero attached hydrogens (tertiary/aromatic N) is 2. The summed E-state index contributed by atoms with van der Waals surface area (Å²) in [6.45, 7) is 0. The van der Waals surface area contributed by atoms with Crippen LogP contribution in [0.2, 0.25) is 0 Å². The van der Waals surface area contributed by atoms with Gasteiger partial charge in [-0.25, -0.2) is 4.99 Å². The van der Waals surface area contributed by atoms with Gasteiger partial charge in [0.25, 0.3) is 5.56 Å². The van der Waals surface area contributed by atoms with Crippen molar-refractivity contribution in [3.63, 3.8) is 0 Å². The molecule has 1 aliphatic heterocycles. The highest BCUT2D eigenvalue weighted by Crippen LogP contribution is 2.41. The van der Waals surface area contributed by atoms with Gasteiger partial charge < -0.3 is 4.74 Å². The Bertz CT molecular complexity index is 1690. The van der Waals surface area contributed by atoms with E-state index in [1.807, 2.05) is 41.0 Å². The fourth-order valence-corrected chi connectivity index (χ4v) is 6.92. The van der Waals surface area contributed by atoms with E-state index in [1.165, 1.54) is 28.0 Å². The van der Waals surface area contributed by atoms with Crippen molar-refractivity contribution in [3.8, 4) is 5.75 Å². The first-order valence-electron chi connectivity index (χ1n) is 11.3. The van der Waals surface area contributed by atoms with E-state index in [1.54, 1.807) is 7.11 Å². The largest absolute Gasteiger partial charge is 0.496 e. The van der Waals surface area contributed by atoms with E-state index in [2.05, 4.69) is 74.9 Å². The number of allylic oxidation sites excluding steroid dienone is 1. The summed E-state index contributed by atoms with van der Waals surface area (Å²) >= 11 is 7.26. The molecule has 7 heteroatoms. The number of aromatic nitrogens is 1. The quantitative estimate of drug-likeness (QED) is 0.266. The molecule has 3 aromatic carbocycles. The number of aryl methyl sites for hydroxylation is 1. The summed E-state index contributed by atoms with van der Waals surface area (Å²) in [6.07, 6.45) is 3.80. The van der Waals surface area contributed by atoms with E-state index in [0.717, 1.165) is 48.3 Å². The van der Waals surface area contributed by atoms with Crippen molar-refractivity contribution in [1.82, 2.24) is 4.57 Å². The first-order valence-corrected chi connectivity index (χ1v) is 13.9. The molecule has 2 aliphatic rings. The number of thiazole rings is 1. The SMILES string of the molecule is COc1ccc(/C=c2\sc3n(c2=O)[C@@H](c2ccc(Br)cc2)C2=C(N=3)c3ccccc3CC2)cc1I. The summed E-state index contributed by atoms with van der Waals surface area (Å²) in [7, 11) is 1.66. The minimum absolute atomic E-state index is 0.00194. The van der Waals surface area contributed by atoms with Gasteiger partial charge in [-0.05, 0) is 88.0 Å². The van der Waals surface area contributed by atoms with Crippen LogP contribution in [0.15, 0.2) is 86.6 Å². The molecule has 2 heterocycles. The summed E-state index contributed by atoms with van der Waals surface area (Å²) < 4.78 is 9.98. The number of halogens is 2. The number of hydrogen-bond donors (Lipinski definition) is 0. The highest BCUT2D eigenvalue weighted by molar-refractivity contribution is 14.1. The molecule has 0 unspecified atom stereocenters. The van der Waals surface area contributed by atoms with E-state index in [4.69, 9.17) is 9.73 Å². The van der Waals surface area contributed by atoms with Crippen molar-refractivity contribution >= 4 is 61.6 Å². The molecule has 0 saturated heterocycles. The molecule has 4 nitrogen and oxygen atoms in total. The van der Waals surface area contributed by atoms with Gasteiger partial charge >= 0.3 is 0 Å². The number of hydrogen-bond acceptors (Lipinski definition) is 4. The minimum Gasteiger partial charge on any atom is -0.496 e. The van der Waals surface area contributed by atoms with Gasteiger partial charge in [-0.15, -0.1) is 0 Å². The second kappa shape index (κ2) is 9.19. The van der Waals surface area contributed by atoms with Crippen molar-refractivity contribution in [2.24, 2.45) is 4.99 Å². The average molecular weight is 655 g/mol. The van der Waals surface area contributed by atoms with Crippen molar-refractivity contribution < 1.29 is 4.74 Å². The van der Waals surface area contributed by atoms with E-state index < -0.39 is 0 Å². The maximum absolute atomic E-state index is 13.8. The fraction of sp³-hybridized carbons (Fsp3) is 0.143. The second-order valence-electron chi connectivity index (χ2n) is 8.56. The smallest absolute Gasteiger partial charge is 0.271 e. The first-order chi connectivity index (χ1) is 17.0. The Kier molecular flexibility index (Phi) is 6.02. The lowest BCUT2D eigenvalue weighted by Crippen LogP contribution is -2.38. The Morgan fingerprint density at radius 2 is 1.91 bits per heavy atom. The van der Waals surface area contributed by atoms with E-state index >= 15 is 0 Å². The summed E-state index contributed by atoms with van der Waals surface area (Å²) in [6, 6.07) is 22.6. The number of methoxy groups -OCH3 is 1. The van der Waals surface area contributed by atoms with Gasteiger partial charge in [-0.2, -0.15) is 0 Å². The number of fused-ring (bicyclic) bond motifs is 3. The fourth-order valence-electron chi connectivity index (χ4n) is 4.89. The molecular formula is C28H20BrIN2O2S. The van der Waals surface area contributed by atoms with Crippen LogP contribution < -0.4 is 19.6 Å². The Morgan fingerprint density at radius 1 is 1.11 bits per heavy atom. The highest BCUT2D eigenvalue weighted by atomic mass is 127. The topological polar surface area (TPSA) is 43.6 Å². The minimum atomic E-state index is -0.166. The molecule has 0 amide bonds. The highest BCUT2D eigenvalue weighted by Gasteiger charge is 2.32. The zero-order chi connectivity index (χ0) is 24.1. The average Bonchev–Trinajstić information content (AvgIpc) is 3.18. The molecule has 4 aromatic rings. The van der Waals surface area contributed by atoms with Gasteiger partial charge in [0.1, 0.15) is 5.75 Å². The van der Waals surface area contributed by atoms with E-state index in [9.17, 15) is 4.79 Å². The predicted molar refractivity (Wildman–Crippen MR) is 153 cm³/mol. The summed E-state index contributed by atoms with van der Waals surface area (Å²) in [4.78, 5) is 19.6. The molecule has 0 fully saturated rings. The van der Waals surface area contributed by atoms with E-state index in [0.29, 0.717) is 4.53 Å². The molecule has 0 N–H and O–H groups in total. The lowest BCUT2D eigenvalue weighted by atomic mass is 9.83. The summed E-state index contributed by atoms with van der Waals surface area (Å²) in [5, 5.41) is 0. The third-order valence-electron chi connectivity index (χ3n) is 6.53. The van der Waals surface area contributed by atoms with Gasteiger partial charge in [0.15, 0.2) is 4.80 Å². The van der Waals surface area contributed by atoms with Crippen LogP contribution in [0.3, 0.4) is 0 Å². The molecule has 1 atom stereocenters. The summed E-state index contributed by atoms with van der Waals surface area (Å²) in [5.74, 6) is 0.825. The van der Waals surface area contributed by atoms with E-state index in [-0.39, 0.29) is 11.6 Å². The van der Waals surface area contributed by atoms with Crippen molar-refractivity contribution in [1.29, 1.82) is 0 Å². The Morgan fingerprint density at radius 3 is 2.69 bits per heavy atom. The monoisotopic (exact) mass is 654 g/mol. The van der Waals surface area contributed by atoms with Crippen molar-refractivity contribution in [2.45, 2.75) is 18.9 Å². The molecule has 1 aliphatic carbocycles. The Hall–Kier alpha value is -2.49. The zero-order valence-corrected chi connectivity index (χ0v) is 23.4. The van der Waals surface area contributed by atoms with Gasteiger partial charge in [-0.3, -0.25) is 9.36 Å². The third kappa shape index (κ3) is 4.03. The number of benzene rings is 3. The lowest BCUT2D eigenvalue weighted by Gasteiger charge is -2.30. The van der Waals surface area contributed by atoms with Crippen LogP contribution in [0.5, 0.6) is 5.75 Å². The number of rotatable bonds is 3. The molecule has 0 saturated carbocycles. The van der Waals surface area contributed by atoms with Gasteiger partial charge in [-0.1, -0.05) is 69.7 Å². The van der Waals surface area contributed by atoms with Crippen LogP contribution in [0.1, 0.15) is 34.7 Å². The normalized spacial score (nSPS) is 16.9. The number of ether oxygens (including phenoxy) is 1. The maximum Gasteiger partial charge on any atom is 0.271 e. The van der Waals surface area contributed by atoms with Crippen molar-refractivity contribution in [3.05, 3.63) is 122 Å². The van der Waals surface area contributed by atoms with Crippen LogP contribution in [0, 0.1) is 3.57 Å². The third-order valence-corrected chi connectivity index (χ3v) is 8.89. The van der Waals surface area contributed by atoms with Gasteiger partial charge in [0, 0.05) is 10.0 Å². The second-order valence-corrected chi connectivity index (χ2v) is 11.6. The molecule has 0 spiro atoms. The van der Waals surface area contributed by atoms with Gasteiger partial charge in [0.05, 0.1) is 27.0 Å². The summed E-state index contributed by atoms with van der Waals surface area (Å²) in [5.41, 5.74) is 6.79. The predicted octanol–water partition coefficient (Wildman–Crippen LogP) is 5.69. The van der Waals surface area contributed by atoms with Gasteiger partial charge in [0.2, 0.25) is 0 Å². The van der Waals surface area contributed by atoms with Crippen LogP contribution >= 0.6 is 49.9 Å². The van der Waals surface area contributed by atoms with Crippen LogP contribution in [-0.2, 0) is 6.42 Å². The van der Waals surface area contributed by atoms with Crippen molar-refractivity contribution in [2.75, 3.05) is 7.11 Å².